The number of benzene rings is 2. The van der Waals surface area contributed by atoms with E-state index in [0.717, 1.165) is 38.3 Å². The van der Waals surface area contributed by atoms with Gasteiger partial charge in [0.2, 0.25) is 5.91 Å². The molecule has 2 aromatic carbocycles. The summed E-state index contributed by atoms with van der Waals surface area (Å²) in [4.78, 5) is 28.6. The summed E-state index contributed by atoms with van der Waals surface area (Å²) in [7, 11) is 0. The molecule has 1 N–H and O–H groups in total. The van der Waals surface area contributed by atoms with Crippen LogP contribution in [0.3, 0.4) is 0 Å². The fourth-order valence-electron chi connectivity index (χ4n) is 3.33. The van der Waals surface area contributed by atoms with E-state index in [4.69, 9.17) is 4.74 Å². The van der Waals surface area contributed by atoms with E-state index in [1.807, 2.05) is 36.9 Å². The van der Waals surface area contributed by atoms with Crippen LogP contribution >= 0.6 is 0 Å². The predicted molar refractivity (Wildman–Crippen MR) is 113 cm³/mol. The molecular weight excluding hydrogens is 366 g/mol. The molecule has 3 rings (SSSR count). The number of hydrogen-bond acceptors (Lipinski definition) is 4. The van der Waals surface area contributed by atoms with Gasteiger partial charge in [0.05, 0.1) is 6.42 Å². The van der Waals surface area contributed by atoms with Gasteiger partial charge in [-0.25, -0.2) is 4.79 Å². The number of carbonyl (C=O) groups excluding carboxylic acids is 2. The summed E-state index contributed by atoms with van der Waals surface area (Å²) in [6.07, 6.45) is -0.117. The fourth-order valence-corrected chi connectivity index (χ4v) is 3.33. The molecule has 2 amide bonds. The first-order valence-corrected chi connectivity index (χ1v) is 10.1. The average molecular weight is 396 g/mol. The molecule has 1 heterocycles. The van der Waals surface area contributed by atoms with Crippen LogP contribution in [0.25, 0.3) is 0 Å². The summed E-state index contributed by atoms with van der Waals surface area (Å²) in [5.41, 5.74) is 2.22. The van der Waals surface area contributed by atoms with Crippen molar-refractivity contribution in [2.45, 2.75) is 32.9 Å². The first-order valence-electron chi connectivity index (χ1n) is 10.1. The maximum Gasteiger partial charge on any atom is 0.412 e. The lowest BCUT2D eigenvalue weighted by Gasteiger charge is -2.34. The summed E-state index contributed by atoms with van der Waals surface area (Å²) < 4.78 is 5.21. The van der Waals surface area contributed by atoms with Gasteiger partial charge in [-0.15, -0.1) is 0 Å². The van der Waals surface area contributed by atoms with E-state index < -0.39 is 6.09 Å². The number of carbonyl (C=O) groups is 2. The van der Waals surface area contributed by atoms with Crippen molar-refractivity contribution < 1.29 is 14.3 Å². The van der Waals surface area contributed by atoms with Gasteiger partial charge < -0.3 is 15.0 Å². The van der Waals surface area contributed by atoms with E-state index >= 15 is 0 Å². The zero-order valence-electron chi connectivity index (χ0n) is 17.1. The third kappa shape index (κ3) is 6.61. The Morgan fingerprint density at radius 1 is 0.931 bits per heavy atom. The minimum atomic E-state index is -0.475. The van der Waals surface area contributed by atoms with Crippen LogP contribution in [0.4, 0.5) is 4.79 Å². The van der Waals surface area contributed by atoms with Gasteiger partial charge in [0.15, 0.2) is 0 Å². The third-order valence-corrected chi connectivity index (χ3v) is 4.87. The van der Waals surface area contributed by atoms with Crippen LogP contribution in [-0.2, 0) is 17.8 Å². The second kappa shape index (κ2) is 10.1. The monoisotopic (exact) mass is 395 g/mol. The molecule has 1 saturated heterocycles. The smallest absolute Gasteiger partial charge is 0.410 e. The molecule has 29 heavy (non-hydrogen) atoms. The summed E-state index contributed by atoms with van der Waals surface area (Å²) in [6, 6.07) is 17.6. The predicted octanol–water partition coefficient (Wildman–Crippen LogP) is 3.07. The van der Waals surface area contributed by atoms with Crippen molar-refractivity contribution in [3.05, 3.63) is 65.7 Å². The number of piperazine rings is 1. The highest BCUT2D eigenvalue weighted by Gasteiger charge is 2.21. The molecule has 0 radical (unpaired) electrons. The Labute approximate surface area is 172 Å². The molecule has 0 bridgehead atoms. The number of hydrogen-bond donors (Lipinski definition) is 1. The first-order chi connectivity index (χ1) is 14.0. The minimum absolute atomic E-state index is 0.0209. The molecule has 0 spiro atoms. The molecule has 1 fully saturated rings. The van der Waals surface area contributed by atoms with Crippen LogP contribution in [0.1, 0.15) is 25.0 Å². The highest BCUT2D eigenvalue weighted by molar-refractivity contribution is 5.79. The maximum absolute atomic E-state index is 12.6. The van der Waals surface area contributed by atoms with E-state index in [0.29, 0.717) is 12.2 Å². The molecule has 1 aliphatic heterocycles. The molecule has 0 aromatic heterocycles. The lowest BCUT2D eigenvalue weighted by molar-refractivity contribution is -0.132. The molecule has 6 nitrogen and oxygen atoms in total. The van der Waals surface area contributed by atoms with Crippen LogP contribution in [0.15, 0.2) is 54.6 Å². The Hall–Kier alpha value is -2.86. The van der Waals surface area contributed by atoms with E-state index in [2.05, 4.69) is 34.5 Å². The summed E-state index contributed by atoms with van der Waals surface area (Å²) in [6.45, 7) is 7.95. The van der Waals surface area contributed by atoms with Gasteiger partial charge in [0.1, 0.15) is 5.75 Å². The van der Waals surface area contributed by atoms with Crippen molar-refractivity contribution in [3.63, 3.8) is 0 Å². The van der Waals surface area contributed by atoms with Gasteiger partial charge >= 0.3 is 6.09 Å². The zero-order valence-corrected chi connectivity index (χ0v) is 17.1. The topological polar surface area (TPSA) is 61.9 Å². The van der Waals surface area contributed by atoms with Crippen molar-refractivity contribution in [3.8, 4) is 5.75 Å². The van der Waals surface area contributed by atoms with Crippen LogP contribution in [0, 0.1) is 0 Å². The Balaban J connectivity index is 1.44. The highest BCUT2D eigenvalue weighted by atomic mass is 16.6. The Kier molecular flexibility index (Phi) is 7.25. The van der Waals surface area contributed by atoms with Crippen molar-refractivity contribution in [2.75, 3.05) is 26.2 Å². The average Bonchev–Trinajstić information content (AvgIpc) is 2.70. The molecular formula is C23H29N3O3. The van der Waals surface area contributed by atoms with Crippen LogP contribution in [-0.4, -0.2) is 54.0 Å². The highest BCUT2D eigenvalue weighted by Crippen LogP contribution is 2.15. The van der Waals surface area contributed by atoms with E-state index in [9.17, 15) is 9.59 Å². The molecule has 0 aliphatic carbocycles. The normalized spacial score (nSPS) is 14.7. The zero-order chi connectivity index (χ0) is 20.6. The Bertz CT molecular complexity index is 798. The van der Waals surface area contributed by atoms with Gasteiger partial charge in [-0.1, -0.05) is 42.5 Å². The lowest BCUT2D eigenvalue weighted by atomic mass is 10.1. The van der Waals surface area contributed by atoms with Crippen LogP contribution in [0.5, 0.6) is 5.75 Å². The van der Waals surface area contributed by atoms with E-state index in [1.165, 1.54) is 5.56 Å². The first kappa shape index (κ1) is 20.9. The largest absolute Gasteiger partial charge is 0.412 e. The number of nitrogens with zero attached hydrogens (tertiary/aromatic N) is 2. The minimum Gasteiger partial charge on any atom is -0.410 e. The SMILES string of the molecule is CC(C)NC(=O)Oc1ccc(CC(=O)N2CCN(Cc3ccccc3)CC2)cc1. The Morgan fingerprint density at radius 2 is 1.59 bits per heavy atom. The van der Waals surface area contributed by atoms with Crippen LogP contribution < -0.4 is 10.1 Å². The maximum atomic E-state index is 12.6. The number of rotatable bonds is 6. The second-order valence-corrected chi connectivity index (χ2v) is 7.65. The lowest BCUT2D eigenvalue weighted by Crippen LogP contribution is -2.48. The number of ether oxygens (including phenoxy) is 1. The summed E-state index contributed by atoms with van der Waals surface area (Å²) in [5, 5.41) is 2.67. The molecule has 6 heteroatoms. The third-order valence-electron chi connectivity index (χ3n) is 4.87. The van der Waals surface area contributed by atoms with Gasteiger partial charge in [0.25, 0.3) is 0 Å². The molecule has 0 unspecified atom stereocenters. The fraction of sp³-hybridized carbons (Fsp3) is 0.391. The second-order valence-electron chi connectivity index (χ2n) is 7.65. The molecule has 154 valence electrons. The molecule has 0 atom stereocenters. The van der Waals surface area contributed by atoms with E-state index in [-0.39, 0.29) is 11.9 Å². The summed E-state index contributed by atoms with van der Waals surface area (Å²) in [5.74, 6) is 0.601. The molecule has 1 aliphatic rings. The van der Waals surface area contributed by atoms with Crippen LogP contribution in [0.2, 0.25) is 0 Å². The van der Waals surface area contributed by atoms with Crippen molar-refractivity contribution in [2.24, 2.45) is 0 Å². The van der Waals surface area contributed by atoms with Gasteiger partial charge in [0, 0.05) is 38.8 Å². The van der Waals surface area contributed by atoms with Gasteiger partial charge in [-0.3, -0.25) is 9.69 Å². The van der Waals surface area contributed by atoms with Crippen molar-refractivity contribution in [1.82, 2.24) is 15.1 Å². The number of nitrogens with one attached hydrogen (secondary N) is 1. The number of amides is 2. The Morgan fingerprint density at radius 3 is 2.21 bits per heavy atom. The summed E-state index contributed by atoms with van der Waals surface area (Å²) >= 11 is 0. The molecule has 2 aromatic rings. The van der Waals surface area contributed by atoms with Crippen molar-refractivity contribution in [1.29, 1.82) is 0 Å². The van der Waals surface area contributed by atoms with E-state index in [1.54, 1.807) is 12.1 Å². The standard InChI is InChI=1S/C23H29N3O3/c1-18(2)24-23(28)29-21-10-8-19(9-11-21)16-22(27)26-14-12-25(13-15-26)17-20-6-4-3-5-7-20/h3-11,18H,12-17H2,1-2H3,(H,24,28). The van der Waals surface area contributed by atoms with Gasteiger partial charge in [-0.05, 0) is 37.1 Å². The van der Waals surface area contributed by atoms with Gasteiger partial charge in [-0.2, -0.15) is 0 Å². The van der Waals surface area contributed by atoms with Crippen molar-refractivity contribution >= 4 is 12.0 Å². The quantitative estimate of drug-likeness (QED) is 0.817. The molecule has 0 saturated carbocycles.